The van der Waals surface area contributed by atoms with Crippen LogP contribution in [0.2, 0.25) is 0 Å². The first-order chi connectivity index (χ1) is 13.7. The van der Waals surface area contributed by atoms with Gasteiger partial charge in [0.1, 0.15) is 29.2 Å². The molecule has 0 radical (unpaired) electrons. The van der Waals surface area contributed by atoms with Crippen molar-refractivity contribution < 1.29 is 26.5 Å². The van der Waals surface area contributed by atoms with Gasteiger partial charge in [0.05, 0.1) is 38.0 Å². The lowest BCUT2D eigenvalue weighted by Gasteiger charge is -2.40. The van der Waals surface area contributed by atoms with E-state index in [1.165, 1.54) is 17.5 Å². The number of aliphatic hydroxyl groups excluding tert-OH is 1. The zero-order valence-electron chi connectivity index (χ0n) is 16.9. The van der Waals surface area contributed by atoms with Crippen LogP contribution < -0.4 is 10.1 Å². The minimum Gasteiger partial charge on any atom is -0.488 e. The number of aromatic nitrogens is 1. The number of nitrogens with zero attached hydrogens (tertiary/aromatic N) is 1. The summed E-state index contributed by atoms with van der Waals surface area (Å²) in [6.07, 6.45) is 1.45. The molecule has 4 rings (SSSR count). The molecular formula is C19H20N2O5S. The number of furan rings is 1. The van der Waals surface area contributed by atoms with Crippen molar-refractivity contribution in [1.82, 2.24) is 10.3 Å². The molecule has 2 N–H and O–H groups in total. The maximum absolute atomic E-state index is 12.9. The van der Waals surface area contributed by atoms with E-state index in [1.54, 1.807) is 32.0 Å². The van der Waals surface area contributed by atoms with E-state index in [4.69, 9.17) is 16.6 Å². The molecule has 1 saturated heterocycles. The molecular weight excluding hydrogens is 368 g/mol. The van der Waals surface area contributed by atoms with E-state index in [0.717, 1.165) is 5.01 Å². The van der Waals surface area contributed by atoms with E-state index < -0.39 is 18.0 Å². The summed E-state index contributed by atoms with van der Waals surface area (Å²) in [5.74, 6) is 0.285. The van der Waals surface area contributed by atoms with Gasteiger partial charge >= 0.3 is 0 Å². The molecule has 0 saturated carbocycles. The molecule has 0 bridgehead atoms. The monoisotopic (exact) mass is 390 g/mol. The Morgan fingerprint density at radius 1 is 1.48 bits per heavy atom. The molecule has 0 atom stereocenters. The fraction of sp³-hybridized carbons (Fsp3) is 0.368. The zero-order chi connectivity index (χ0) is 20.8. The first kappa shape index (κ1) is 15.6. The smallest absolute Gasteiger partial charge is 0.256 e. The number of fused-ring (bicyclic) bond motifs is 1. The SMILES string of the molecule is [2H]C([2H])(Oc1ccc2oc(C)c(C(=O)NC3(CO)COC3)c2c1)c1cnc(C)s1. The fourth-order valence-corrected chi connectivity index (χ4v) is 3.53. The second-order valence-corrected chi connectivity index (χ2v) is 7.76. The Morgan fingerprint density at radius 2 is 2.30 bits per heavy atom. The number of carbonyl (C=O) groups is 1. The Kier molecular flexibility index (Phi) is 4.02. The van der Waals surface area contributed by atoms with Gasteiger partial charge in [-0.25, -0.2) is 4.98 Å². The molecule has 1 amide bonds. The molecule has 142 valence electrons. The predicted molar refractivity (Wildman–Crippen MR) is 100 cm³/mol. The van der Waals surface area contributed by atoms with Crippen molar-refractivity contribution in [3.63, 3.8) is 0 Å². The summed E-state index contributed by atoms with van der Waals surface area (Å²) in [6.45, 7) is 1.67. The number of hydrogen-bond donors (Lipinski definition) is 2. The first-order valence-electron chi connectivity index (χ1n) is 9.39. The quantitative estimate of drug-likeness (QED) is 0.672. The van der Waals surface area contributed by atoms with Crippen molar-refractivity contribution in [2.45, 2.75) is 25.9 Å². The van der Waals surface area contributed by atoms with Crippen LogP contribution in [-0.4, -0.2) is 41.4 Å². The van der Waals surface area contributed by atoms with Gasteiger partial charge in [-0.05, 0) is 32.0 Å². The molecule has 1 aliphatic heterocycles. The first-order valence-corrected chi connectivity index (χ1v) is 9.21. The third-order valence-corrected chi connectivity index (χ3v) is 5.20. The highest BCUT2D eigenvalue weighted by atomic mass is 32.1. The average molecular weight is 390 g/mol. The van der Waals surface area contributed by atoms with Gasteiger partial charge in [-0.2, -0.15) is 0 Å². The van der Waals surface area contributed by atoms with Crippen LogP contribution in [0.25, 0.3) is 11.0 Å². The van der Waals surface area contributed by atoms with Crippen LogP contribution in [0.5, 0.6) is 5.75 Å². The zero-order valence-corrected chi connectivity index (χ0v) is 15.7. The van der Waals surface area contributed by atoms with E-state index in [2.05, 4.69) is 10.3 Å². The lowest BCUT2D eigenvalue weighted by molar-refractivity contribution is -0.0919. The largest absolute Gasteiger partial charge is 0.488 e. The molecule has 0 unspecified atom stereocenters. The topological polar surface area (TPSA) is 93.8 Å². The van der Waals surface area contributed by atoms with E-state index in [9.17, 15) is 9.90 Å². The van der Waals surface area contributed by atoms with Crippen LogP contribution in [0.4, 0.5) is 0 Å². The van der Waals surface area contributed by atoms with Gasteiger partial charge in [0.15, 0.2) is 0 Å². The summed E-state index contributed by atoms with van der Waals surface area (Å²) in [5, 5.41) is 13.6. The molecule has 1 fully saturated rings. The average Bonchev–Trinajstić information content (AvgIpc) is 3.20. The summed E-state index contributed by atoms with van der Waals surface area (Å²) >= 11 is 1.22. The van der Waals surface area contributed by atoms with Gasteiger partial charge in [-0.3, -0.25) is 4.79 Å². The lowest BCUT2D eigenvalue weighted by Crippen LogP contribution is -2.64. The van der Waals surface area contributed by atoms with E-state index >= 15 is 0 Å². The molecule has 3 aromatic rings. The van der Waals surface area contributed by atoms with Gasteiger partial charge in [0, 0.05) is 11.6 Å². The number of rotatable bonds is 6. The molecule has 1 aromatic carbocycles. The fourth-order valence-electron chi connectivity index (χ4n) is 2.92. The summed E-state index contributed by atoms with van der Waals surface area (Å²) < 4.78 is 32.8. The summed E-state index contributed by atoms with van der Waals surface area (Å²) in [7, 11) is 0. The van der Waals surface area contributed by atoms with Gasteiger partial charge in [-0.15, -0.1) is 11.3 Å². The highest BCUT2D eigenvalue weighted by Gasteiger charge is 2.40. The van der Waals surface area contributed by atoms with Crippen LogP contribution in [0.1, 0.15) is 28.7 Å². The maximum atomic E-state index is 12.9. The number of carbonyl (C=O) groups excluding carboxylic acids is 1. The van der Waals surface area contributed by atoms with Crippen LogP contribution >= 0.6 is 11.3 Å². The number of hydrogen-bond acceptors (Lipinski definition) is 7. The van der Waals surface area contributed by atoms with E-state index in [-0.39, 0.29) is 25.6 Å². The van der Waals surface area contributed by atoms with Crippen molar-refractivity contribution >= 4 is 28.2 Å². The molecule has 0 spiro atoms. The maximum Gasteiger partial charge on any atom is 0.256 e. The summed E-state index contributed by atoms with van der Waals surface area (Å²) in [6, 6.07) is 4.81. The Bertz CT molecular complexity index is 1070. The molecule has 2 aromatic heterocycles. The third-order valence-electron chi connectivity index (χ3n) is 4.39. The van der Waals surface area contributed by atoms with Gasteiger partial charge in [0.25, 0.3) is 5.91 Å². The highest BCUT2D eigenvalue weighted by Crippen LogP contribution is 2.30. The van der Waals surface area contributed by atoms with Crippen LogP contribution in [0, 0.1) is 13.8 Å². The Balaban J connectivity index is 1.65. The molecule has 27 heavy (non-hydrogen) atoms. The minimum absolute atomic E-state index is 0.226. The van der Waals surface area contributed by atoms with Crippen molar-refractivity contribution in [1.29, 1.82) is 0 Å². The van der Waals surface area contributed by atoms with Gasteiger partial charge in [0.2, 0.25) is 0 Å². The Labute approximate surface area is 162 Å². The number of aliphatic hydroxyl groups is 1. The summed E-state index contributed by atoms with van der Waals surface area (Å²) in [4.78, 5) is 17.3. The molecule has 3 heterocycles. The van der Waals surface area contributed by atoms with Gasteiger partial charge in [-0.1, -0.05) is 0 Å². The normalized spacial score (nSPS) is 17.1. The second-order valence-electron chi connectivity index (χ2n) is 6.52. The van der Waals surface area contributed by atoms with Crippen molar-refractivity contribution in [3.05, 3.63) is 45.6 Å². The number of nitrogens with one attached hydrogen (secondary N) is 1. The van der Waals surface area contributed by atoms with Gasteiger partial charge < -0.3 is 24.3 Å². The number of ether oxygens (including phenoxy) is 2. The van der Waals surface area contributed by atoms with Crippen molar-refractivity contribution in [2.24, 2.45) is 0 Å². The highest BCUT2D eigenvalue weighted by molar-refractivity contribution is 7.11. The number of benzene rings is 1. The summed E-state index contributed by atoms with van der Waals surface area (Å²) in [5.41, 5.74) is 0.0134. The molecule has 0 aliphatic carbocycles. The predicted octanol–water partition coefficient (Wildman–Crippen LogP) is 2.58. The Morgan fingerprint density at radius 3 is 2.93 bits per heavy atom. The molecule has 1 aliphatic rings. The van der Waals surface area contributed by atoms with E-state index in [1.807, 2.05) is 0 Å². The van der Waals surface area contributed by atoms with Crippen molar-refractivity contribution in [2.75, 3.05) is 19.8 Å². The van der Waals surface area contributed by atoms with Crippen LogP contribution in [-0.2, 0) is 11.3 Å². The number of thiazole rings is 1. The number of amides is 1. The standard InChI is InChI=1S/C19H20N2O5S/c1-11-17(18(23)21-19(8-22)9-24-10-19)15-5-13(3-4-16(15)26-11)25-7-14-6-20-12(2)27-14/h3-6,22H,7-10H2,1-2H3,(H,21,23)/i7D2. The van der Waals surface area contributed by atoms with Crippen LogP contribution in [0.15, 0.2) is 28.8 Å². The minimum atomic E-state index is -2.06. The number of aryl methyl sites for hydroxylation is 2. The van der Waals surface area contributed by atoms with E-state index in [0.29, 0.717) is 27.2 Å². The molecule has 7 nitrogen and oxygen atoms in total. The second kappa shape index (κ2) is 6.95. The van der Waals surface area contributed by atoms with Crippen molar-refractivity contribution in [3.8, 4) is 5.75 Å². The lowest BCUT2D eigenvalue weighted by atomic mass is 9.97. The third kappa shape index (κ3) is 3.43. The Hall–Kier alpha value is -2.42. The molecule has 8 heteroatoms. The van der Waals surface area contributed by atoms with Crippen LogP contribution in [0.3, 0.4) is 0 Å².